The summed E-state index contributed by atoms with van der Waals surface area (Å²) in [4.78, 5) is 37.1. The van der Waals surface area contributed by atoms with Crippen LogP contribution in [0.1, 0.15) is 37.4 Å². The molecule has 2 aliphatic rings. The summed E-state index contributed by atoms with van der Waals surface area (Å²) >= 11 is 4.82. The number of amidine groups is 1. The van der Waals surface area contributed by atoms with Gasteiger partial charge in [0.2, 0.25) is 0 Å². The molecule has 9 nitrogen and oxygen atoms in total. The minimum Gasteiger partial charge on any atom is -0.468 e. The Balaban J connectivity index is 1.85. The number of hydrogen-bond donors (Lipinski definition) is 1. The molecule has 0 radical (unpaired) electrons. The Labute approximate surface area is 226 Å². The Morgan fingerprint density at radius 2 is 2.16 bits per heavy atom. The lowest BCUT2D eigenvalue weighted by molar-refractivity contribution is -0.164. The second-order valence-corrected chi connectivity index (χ2v) is 10.9. The van der Waals surface area contributed by atoms with Crippen LogP contribution in [0.3, 0.4) is 0 Å². The topological polar surface area (TPSA) is 102 Å². The first-order valence-electron chi connectivity index (χ1n) is 11.7. The number of rotatable bonds is 7. The molecule has 2 aromatic rings. The minimum atomic E-state index is -0.810. The minimum absolute atomic E-state index is 0.141. The molecule has 0 spiro atoms. The normalized spacial score (nSPS) is 21.7. The van der Waals surface area contributed by atoms with Gasteiger partial charge in [0.1, 0.15) is 17.9 Å². The van der Waals surface area contributed by atoms with Gasteiger partial charge in [-0.25, -0.2) is 14.2 Å². The van der Waals surface area contributed by atoms with E-state index >= 15 is 0 Å². The Morgan fingerprint density at radius 3 is 2.81 bits per heavy atom. The maximum Gasteiger partial charge on any atom is 0.338 e. The molecule has 1 saturated heterocycles. The number of carbonyl (C=O) groups excluding carboxylic acids is 2. The maximum atomic E-state index is 13.9. The van der Waals surface area contributed by atoms with Gasteiger partial charge < -0.3 is 19.5 Å². The predicted molar refractivity (Wildman–Crippen MR) is 140 cm³/mol. The first-order chi connectivity index (χ1) is 17.6. The summed E-state index contributed by atoms with van der Waals surface area (Å²) in [7, 11) is 1.33. The predicted octanol–water partition coefficient (Wildman–Crippen LogP) is 3.61. The van der Waals surface area contributed by atoms with Crippen molar-refractivity contribution in [3.8, 4) is 0 Å². The van der Waals surface area contributed by atoms with Crippen molar-refractivity contribution in [2.75, 3.05) is 33.4 Å². The van der Waals surface area contributed by atoms with Gasteiger partial charge >= 0.3 is 11.9 Å². The fraction of sp³-hybridized carbons (Fsp3) is 0.440. The highest BCUT2D eigenvalue weighted by Crippen LogP contribution is 2.37. The molecule has 4 rings (SSSR count). The van der Waals surface area contributed by atoms with Crippen LogP contribution in [0.5, 0.6) is 0 Å². The van der Waals surface area contributed by atoms with Crippen LogP contribution in [0, 0.1) is 5.82 Å². The summed E-state index contributed by atoms with van der Waals surface area (Å²) in [6.45, 7) is 6.47. The average molecular weight is 595 g/mol. The quantitative estimate of drug-likeness (QED) is 0.485. The number of halogens is 2. The summed E-state index contributed by atoms with van der Waals surface area (Å²) < 4.78 is 30.8. The van der Waals surface area contributed by atoms with E-state index in [1.54, 1.807) is 19.2 Å². The lowest BCUT2D eigenvalue weighted by Gasteiger charge is -2.43. The van der Waals surface area contributed by atoms with E-state index in [9.17, 15) is 14.0 Å². The molecule has 37 heavy (non-hydrogen) atoms. The number of aliphatic imine (C=N–C) groups is 1. The number of morpholine rings is 1. The summed E-state index contributed by atoms with van der Waals surface area (Å²) in [6, 6.07) is 2.75. The summed E-state index contributed by atoms with van der Waals surface area (Å²) in [6.07, 6.45) is 1.66. The smallest absolute Gasteiger partial charge is 0.338 e. The van der Waals surface area contributed by atoms with Crippen LogP contribution in [0.15, 0.2) is 50.5 Å². The van der Waals surface area contributed by atoms with E-state index < -0.39 is 35.4 Å². The number of hydrogen-bond acceptors (Lipinski definition) is 10. The second kappa shape index (κ2) is 11.4. The van der Waals surface area contributed by atoms with Gasteiger partial charge in [0.25, 0.3) is 0 Å². The number of carbonyl (C=O) groups is 2. The highest BCUT2D eigenvalue weighted by atomic mass is 79.9. The molecule has 0 amide bonds. The molecule has 198 valence electrons. The summed E-state index contributed by atoms with van der Waals surface area (Å²) in [5.41, 5.74) is 0.827. The first kappa shape index (κ1) is 27.4. The fourth-order valence-electron chi connectivity index (χ4n) is 4.34. The molecule has 0 bridgehead atoms. The highest BCUT2D eigenvalue weighted by Gasteiger charge is 2.41. The molecule has 0 saturated carbocycles. The third kappa shape index (κ3) is 6.08. The molecule has 1 N–H and O–H groups in total. The van der Waals surface area contributed by atoms with Crippen molar-refractivity contribution in [2.45, 2.75) is 38.5 Å². The molecule has 0 aliphatic carbocycles. The number of thiazole rings is 1. The van der Waals surface area contributed by atoms with E-state index in [-0.39, 0.29) is 25.3 Å². The van der Waals surface area contributed by atoms with Crippen LogP contribution in [0.4, 0.5) is 4.39 Å². The average Bonchev–Trinajstić information content (AvgIpc) is 3.38. The zero-order valence-corrected chi connectivity index (χ0v) is 23.3. The van der Waals surface area contributed by atoms with Gasteiger partial charge in [-0.2, -0.15) is 0 Å². The number of methoxy groups -OCH3 is 1. The second-order valence-electron chi connectivity index (χ2n) is 9.14. The van der Waals surface area contributed by atoms with Crippen molar-refractivity contribution in [1.29, 1.82) is 0 Å². The van der Waals surface area contributed by atoms with Crippen LogP contribution in [-0.2, 0) is 23.8 Å². The number of aromatic nitrogens is 1. The number of nitrogens with one attached hydrogen (secondary N) is 1. The van der Waals surface area contributed by atoms with Crippen LogP contribution in [0.25, 0.3) is 0 Å². The SMILES string of the molecule is CCOC(=O)C1=C(CN2CC(C)(C)OC[C@H]2C(=O)OC)NC(c2nccs2)=N[C@@H]1c1ccc(F)cc1Br. The van der Waals surface area contributed by atoms with E-state index in [0.29, 0.717) is 33.1 Å². The molecule has 3 heterocycles. The van der Waals surface area contributed by atoms with Crippen LogP contribution >= 0.6 is 27.3 Å². The van der Waals surface area contributed by atoms with E-state index in [1.807, 2.05) is 24.1 Å². The van der Waals surface area contributed by atoms with Crippen molar-refractivity contribution in [1.82, 2.24) is 15.2 Å². The summed E-state index contributed by atoms with van der Waals surface area (Å²) in [5.74, 6) is -0.958. The Kier molecular flexibility index (Phi) is 8.42. The Morgan fingerprint density at radius 1 is 1.38 bits per heavy atom. The van der Waals surface area contributed by atoms with E-state index in [2.05, 4.69) is 26.2 Å². The number of esters is 2. The van der Waals surface area contributed by atoms with Gasteiger partial charge in [-0.3, -0.25) is 14.7 Å². The molecule has 1 fully saturated rings. The van der Waals surface area contributed by atoms with Gasteiger partial charge in [0.15, 0.2) is 10.8 Å². The zero-order valence-electron chi connectivity index (χ0n) is 20.9. The largest absolute Gasteiger partial charge is 0.468 e. The number of benzene rings is 1. The van der Waals surface area contributed by atoms with Crippen molar-refractivity contribution in [3.63, 3.8) is 0 Å². The van der Waals surface area contributed by atoms with Crippen molar-refractivity contribution < 1.29 is 28.2 Å². The molecular formula is C25H28BrFN4O5S. The van der Waals surface area contributed by atoms with Gasteiger partial charge in [-0.1, -0.05) is 22.0 Å². The highest BCUT2D eigenvalue weighted by molar-refractivity contribution is 9.10. The van der Waals surface area contributed by atoms with Gasteiger partial charge in [-0.05, 0) is 38.5 Å². The van der Waals surface area contributed by atoms with Crippen LogP contribution in [-0.4, -0.2) is 72.7 Å². The van der Waals surface area contributed by atoms with Crippen molar-refractivity contribution in [2.24, 2.45) is 4.99 Å². The van der Waals surface area contributed by atoms with Gasteiger partial charge in [0.05, 0.1) is 31.5 Å². The van der Waals surface area contributed by atoms with E-state index in [1.165, 1.54) is 30.6 Å². The van der Waals surface area contributed by atoms with Crippen LogP contribution in [0.2, 0.25) is 0 Å². The molecule has 2 atom stereocenters. The lowest BCUT2D eigenvalue weighted by atomic mass is 9.94. The lowest BCUT2D eigenvalue weighted by Crippen LogP contribution is -2.58. The van der Waals surface area contributed by atoms with Crippen molar-refractivity contribution in [3.05, 3.63) is 61.9 Å². The van der Waals surface area contributed by atoms with E-state index in [4.69, 9.17) is 19.2 Å². The number of ether oxygens (including phenoxy) is 3. The molecule has 12 heteroatoms. The Hall–Kier alpha value is -2.67. The van der Waals surface area contributed by atoms with Gasteiger partial charge in [-0.15, -0.1) is 11.3 Å². The number of nitrogens with zero attached hydrogens (tertiary/aromatic N) is 3. The Bertz CT molecular complexity index is 1230. The van der Waals surface area contributed by atoms with Crippen LogP contribution < -0.4 is 5.32 Å². The van der Waals surface area contributed by atoms with E-state index in [0.717, 1.165) is 0 Å². The van der Waals surface area contributed by atoms with Crippen molar-refractivity contribution >= 4 is 45.0 Å². The molecule has 2 aliphatic heterocycles. The fourth-order valence-corrected chi connectivity index (χ4v) is 5.50. The first-order valence-corrected chi connectivity index (χ1v) is 13.4. The third-order valence-electron chi connectivity index (χ3n) is 6.00. The van der Waals surface area contributed by atoms with Gasteiger partial charge in [0, 0.05) is 34.8 Å². The molecule has 0 unspecified atom stereocenters. The molecule has 1 aromatic heterocycles. The standard InChI is InChI=1S/C25H28BrFN4O5S/c1-5-35-24(33)19-17(11-31-13-25(2,3)36-12-18(31)23(32)34-4)29-21(22-28-8-9-37-22)30-20(19)15-7-6-14(27)10-16(15)26/h6-10,18,20H,5,11-13H2,1-4H3,(H,29,30)/t18-,20+/m0/s1. The zero-order chi connectivity index (χ0) is 26.7. The molecular weight excluding hydrogens is 567 g/mol. The molecule has 1 aromatic carbocycles. The maximum absolute atomic E-state index is 13.9. The monoisotopic (exact) mass is 594 g/mol. The third-order valence-corrected chi connectivity index (χ3v) is 7.47. The summed E-state index contributed by atoms with van der Waals surface area (Å²) in [5, 5.41) is 5.73.